The summed E-state index contributed by atoms with van der Waals surface area (Å²) in [6.07, 6.45) is 2.07. The zero-order chi connectivity index (χ0) is 37.9. The van der Waals surface area contributed by atoms with Crippen molar-refractivity contribution in [2.45, 2.75) is 0 Å². The van der Waals surface area contributed by atoms with Crippen LogP contribution in [0.2, 0.25) is 0 Å². The molecule has 0 saturated carbocycles. The fourth-order valence-corrected chi connectivity index (χ4v) is 9.88. The van der Waals surface area contributed by atoms with Gasteiger partial charge in [0.2, 0.25) is 0 Å². The van der Waals surface area contributed by atoms with Crippen LogP contribution in [0.15, 0.2) is 200 Å². The van der Waals surface area contributed by atoms with E-state index in [1.54, 1.807) is 0 Å². The van der Waals surface area contributed by atoms with Crippen molar-refractivity contribution in [3.05, 3.63) is 200 Å². The molecule has 0 aliphatic heterocycles. The van der Waals surface area contributed by atoms with Gasteiger partial charge in [-0.05, 0) is 105 Å². The summed E-state index contributed by atoms with van der Waals surface area (Å²) in [5.74, 6) is 0. The van der Waals surface area contributed by atoms with Gasteiger partial charge in [-0.1, -0.05) is 127 Å². The quantitative estimate of drug-likeness (QED) is 0.176. The fourth-order valence-electron chi connectivity index (χ4n) is 9.88. The van der Waals surface area contributed by atoms with E-state index >= 15 is 0 Å². The Bertz CT molecular complexity index is 3650. The molecule has 3 aromatic heterocycles. The van der Waals surface area contributed by atoms with Gasteiger partial charge in [-0.2, -0.15) is 0 Å². The second-order valence-electron chi connectivity index (χ2n) is 15.5. The molecule has 9 aromatic carbocycles. The standard InChI is InChI=1S/C55H33N3/c1-2-13-39(14-3-1)57-50-22-8-6-18-43(50)47-30-35(26-27-52(47)57)34-24-25-36-32-53-48(31-38(36)28-34)44-19-7-9-23-51(44)58(53)40-15-10-12-37(29-40)55-46-21-11-20-45-41-16-4-5-17-42(41)49(33-56-55)54(45)46/h1-33H. The summed E-state index contributed by atoms with van der Waals surface area (Å²) in [4.78, 5) is 5.14. The molecular weight excluding hydrogens is 703 g/mol. The van der Waals surface area contributed by atoms with Crippen LogP contribution in [0.3, 0.4) is 0 Å². The van der Waals surface area contributed by atoms with E-state index in [0.29, 0.717) is 0 Å². The van der Waals surface area contributed by atoms with Gasteiger partial charge in [0.25, 0.3) is 0 Å². The van der Waals surface area contributed by atoms with Crippen molar-refractivity contribution in [3.63, 3.8) is 0 Å². The molecule has 0 radical (unpaired) electrons. The molecule has 0 spiro atoms. The minimum absolute atomic E-state index is 1.01. The molecule has 0 unspecified atom stereocenters. The second kappa shape index (κ2) is 11.9. The molecule has 0 amide bonds. The van der Waals surface area contributed by atoms with E-state index in [2.05, 4.69) is 209 Å². The lowest BCUT2D eigenvalue weighted by Crippen LogP contribution is -1.95. The lowest BCUT2D eigenvalue weighted by Gasteiger charge is -2.13. The molecule has 268 valence electrons. The summed E-state index contributed by atoms with van der Waals surface area (Å²) >= 11 is 0. The largest absolute Gasteiger partial charge is 0.309 e. The predicted molar refractivity (Wildman–Crippen MR) is 243 cm³/mol. The smallest absolute Gasteiger partial charge is 0.0781 e. The molecule has 0 saturated heterocycles. The van der Waals surface area contributed by atoms with Crippen LogP contribution in [0.4, 0.5) is 0 Å². The Morgan fingerprint density at radius 2 is 0.914 bits per heavy atom. The molecule has 1 aliphatic rings. The van der Waals surface area contributed by atoms with E-state index in [1.165, 1.54) is 104 Å². The third kappa shape index (κ3) is 4.41. The lowest BCUT2D eigenvalue weighted by atomic mass is 9.98. The predicted octanol–water partition coefficient (Wildman–Crippen LogP) is 14.6. The van der Waals surface area contributed by atoms with Crippen molar-refractivity contribution in [3.8, 4) is 56.0 Å². The Kier molecular flexibility index (Phi) is 6.44. The summed E-state index contributed by atoms with van der Waals surface area (Å²) in [6, 6.07) is 71.0. The van der Waals surface area contributed by atoms with Crippen LogP contribution in [0.5, 0.6) is 0 Å². The summed E-state index contributed by atoms with van der Waals surface area (Å²) in [5, 5.41) is 9.93. The highest BCUT2D eigenvalue weighted by Crippen LogP contribution is 2.48. The van der Waals surface area contributed by atoms with Gasteiger partial charge in [0.1, 0.15) is 0 Å². The van der Waals surface area contributed by atoms with Crippen LogP contribution < -0.4 is 0 Å². The van der Waals surface area contributed by atoms with E-state index in [4.69, 9.17) is 4.98 Å². The molecule has 0 fully saturated rings. The molecule has 12 aromatic rings. The SMILES string of the molecule is c1ccc(-n2c3ccccc3c3cc(-c4ccc5cc6c(cc5c4)c4ccccc4n6-c4cccc(-c5ncc6c7c(cccc57)-c5ccccc5-6)c4)ccc32)cc1. The highest BCUT2D eigenvalue weighted by atomic mass is 15.0. The molecule has 3 heteroatoms. The first kappa shape index (κ1) is 31.5. The van der Waals surface area contributed by atoms with Crippen LogP contribution >= 0.6 is 0 Å². The molecule has 0 N–H and O–H groups in total. The Balaban J connectivity index is 0.950. The summed E-state index contributed by atoms with van der Waals surface area (Å²) in [5.41, 5.74) is 16.7. The first-order valence-electron chi connectivity index (χ1n) is 20.0. The third-order valence-corrected chi connectivity index (χ3v) is 12.4. The second-order valence-corrected chi connectivity index (χ2v) is 15.5. The van der Waals surface area contributed by atoms with E-state index in [9.17, 15) is 0 Å². The summed E-state index contributed by atoms with van der Waals surface area (Å²) in [7, 11) is 0. The Labute approximate surface area is 334 Å². The molecule has 13 rings (SSSR count). The monoisotopic (exact) mass is 735 g/mol. The maximum atomic E-state index is 5.14. The molecule has 0 bridgehead atoms. The van der Waals surface area contributed by atoms with Gasteiger partial charge in [-0.3, -0.25) is 4.98 Å². The molecular formula is C55H33N3. The van der Waals surface area contributed by atoms with Crippen molar-refractivity contribution in [1.82, 2.24) is 14.1 Å². The first-order valence-corrected chi connectivity index (χ1v) is 20.0. The van der Waals surface area contributed by atoms with Crippen LogP contribution in [0.1, 0.15) is 0 Å². The van der Waals surface area contributed by atoms with Crippen LogP contribution in [-0.2, 0) is 0 Å². The summed E-state index contributed by atoms with van der Waals surface area (Å²) < 4.78 is 4.80. The normalized spacial score (nSPS) is 12.1. The van der Waals surface area contributed by atoms with Crippen molar-refractivity contribution in [2.24, 2.45) is 0 Å². The molecule has 0 atom stereocenters. The number of pyridine rings is 1. The van der Waals surface area contributed by atoms with E-state index in [-0.39, 0.29) is 0 Å². The number of hydrogen-bond acceptors (Lipinski definition) is 1. The Morgan fingerprint density at radius 1 is 0.310 bits per heavy atom. The third-order valence-electron chi connectivity index (χ3n) is 12.4. The number of nitrogens with zero attached hydrogens (tertiary/aromatic N) is 3. The molecule has 58 heavy (non-hydrogen) atoms. The average Bonchev–Trinajstić information content (AvgIpc) is 3.92. The maximum absolute atomic E-state index is 5.14. The number of aromatic nitrogens is 3. The number of fused-ring (bicyclic) bond motifs is 10. The van der Waals surface area contributed by atoms with Crippen molar-refractivity contribution < 1.29 is 0 Å². The summed E-state index contributed by atoms with van der Waals surface area (Å²) in [6.45, 7) is 0. The van der Waals surface area contributed by atoms with E-state index in [1.807, 2.05) is 0 Å². The van der Waals surface area contributed by atoms with Crippen LogP contribution in [0.25, 0.3) is 121 Å². The Morgan fingerprint density at radius 3 is 1.74 bits per heavy atom. The zero-order valence-corrected chi connectivity index (χ0v) is 31.4. The van der Waals surface area contributed by atoms with Gasteiger partial charge in [0, 0.05) is 61.0 Å². The van der Waals surface area contributed by atoms with Crippen molar-refractivity contribution >= 4 is 65.2 Å². The van der Waals surface area contributed by atoms with Gasteiger partial charge >= 0.3 is 0 Å². The molecule has 3 nitrogen and oxygen atoms in total. The van der Waals surface area contributed by atoms with Crippen molar-refractivity contribution in [2.75, 3.05) is 0 Å². The number of rotatable bonds is 4. The fraction of sp³-hybridized carbons (Fsp3) is 0. The van der Waals surface area contributed by atoms with E-state index in [0.717, 1.165) is 16.9 Å². The van der Waals surface area contributed by atoms with Gasteiger partial charge < -0.3 is 9.13 Å². The molecule has 1 aliphatic carbocycles. The Hall–Kier alpha value is -7.75. The maximum Gasteiger partial charge on any atom is 0.0781 e. The number of benzene rings is 9. The van der Waals surface area contributed by atoms with Gasteiger partial charge in [0.05, 0.1) is 27.8 Å². The van der Waals surface area contributed by atoms with Gasteiger partial charge in [-0.25, -0.2) is 0 Å². The van der Waals surface area contributed by atoms with Crippen molar-refractivity contribution in [1.29, 1.82) is 0 Å². The van der Waals surface area contributed by atoms with Gasteiger partial charge in [0.15, 0.2) is 0 Å². The minimum atomic E-state index is 1.01. The number of hydrogen-bond donors (Lipinski definition) is 0. The highest BCUT2D eigenvalue weighted by Gasteiger charge is 2.23. The topological polar surface area (TPSA) is 22.8 Å². The molecule has 3 heterocycles. The lowest BCUT2D eigenvalue weighted by molar-refractivity contribution is 1.18. The van der Waals surface area contributed by atoms with E-state index < -0.39 is 0 Å². The first-order chi connectivity index (χ1) is 28.8. The zero-order valence-electron chi connectivity index (χ0n) is 31.4. The highest BCUT2D eigenvalue weighted by molar-refractivity contribution is 6.18. The van der Waals surface area contributed by atoms with Crippen LogP contribution in [-0.4, -0.2) is 14.1 Å². The van der Waals surface area contributed by atoms with Crippen LogP contribution in [0, 0.1) is 0 Å². The number of para-hydroxylation sites is 3. The van der Waals surface area contributed by atoms with Gasteiger partial charge in [-0.15, -0.1) is 0 Å². The minimum Gasteiger partial charge on any atom is -0.309 e. The average molecular weight is 736 g/mol.